The number of hydrogen-bond acceptors (Lipinski definition) is 5. The number of likely N-dealkylation sites (tertiary alicyclic amines) is 1. The van der Waals surface area contributed by atoms with E-state index in [0.29, 0.717) is 6.04 Å². The third-order valence-electron chi connectivity index (χ3n) is 5.34. The predicted molar refractivity (Wildman–Crippen MR) is 98.1 cm³/mol. The molecule has 2 aliphatic rings. The number of piperidine rings is 1. The number of carbonyl (C=O) groups excluding carboxylic acids is 1. The lowest BCUT2D eigenvalue weighted by molar-refractivity contribution is -0.134. The minimum Gasteiger partial charge on any atom is -0.497 e. The maximum Gasteiger partial charge on any atom is 0.224 e. The molecule has 3 rings (SSSR count). The van der Waals surface area contributed by atoms with E-state index in [1.165, 1.54) is 5.69 Å². The number of nitrogens with zero attached hydrogens (tertiary/aromatic N) is 3. The van der Waals surface area contributed by atoms with Crippen LogP contribution in [0, 0.1) is 0 Å². The van der Waals surface area contributed by atoms with Gasteiger partial charge in [-0.15, -0.1) is 0 Å². The number of piperazine rings is 1. The van der Waals surface area contributed by atoms with Gasteiger partial charge < -0.3 is 19.6 Å². The zero-order chi connectivity index (χ0) is 17.6. The van der Waals surface area contributed by atoms with Gasteiger partial charge in [0, 0.05) is 57.4 Å². The predicted octanol–water partition coefficient (Wildman–Crippen LogP) is 1.19. The summed E-state index contributed by atoms with van der Waals surface area (Å²) in [6.07, 6.45) is 2.46. The molecule has 6 nitrogen and oxygen atoms in total. The minimum atomic E-state index is -0.0550. The quantitative estimate of drug-likeness (QED) is 0.867. The van der Waals surface area contributed by atoms with Gasteiger partial charge in [0.1, 0.15) is 5.75 Å². The Morgan fingerprint density at radius 1 is 1.16 bits per heavy atom. The van der Waals surface area contributed by atoms with Crippen molar-refractivity contribution in [1.29, 1.82) is 0 Å². The number of ether oxygens (including phenoxy) is 1. The molecular weight excluding hydrogens is 318 g/mol. The van der Waals surface area contributed by atoms with Crippen LogP contribution in [0.1, 0.15) is 19.3 Å². The molecule has 0 bridgehead atoms. The van der Waals surface area contributed by atoms with Gasteiger partial charge in [-0.05, 0) is 37.1 Å². The Bertz CT molecular complexity index is 556. The second kappa shape index (κ2) is 8.54. The zero-order valence-electron chi connectivity index (χ0n) is 15.1. The normalized spacial score (nSPS) is 22.1. The molecule has 1 N–H and O–H groups in total. The lowest BCUT2D eigenvalue weighted by atomic mass is 10.0. The highest BCUT2D eigenvalue weighted by atomic mass is 16.5. The van der Waals surface area contributed by atoms with Crippen LogP contribution in [0.3, 0.4) is 0 Å². The molecular formula is C19H29N3O3. The second-order valence-corrected chi connectivity index (χ2v) is 6.83. The highest BCUT2D eigenvalue weighted by molar-refractivity contribution is 5.76. The standard InChI is InChI=1S/C19H29N3O3/c1-25-18-6-4-16(5-7-18)20-10-12-21(13-11-20)17-3-2-9-22(15-17)19(24)8-14-23/h4-7,17,23H,2-3,8-15H2,1H3/t17-/m0/s1. The fraction of sp³-hybridized carbons (Fsp3) is 0.632. The lowest BCUT2D eigenvalue weighted by Gasteiger charge is -2.44. The number of aliphatic hydroxyl groups excluding tert-OH is 1. The molecule has 0 unspecified atom stereocenters. The number of amides is 1. The Labute approximate surface area is 150 Å². The highest BCUT2D eigenvalue weighted by Gasteiger charge is 2.29. The Morgan fingerprint density at radius 3 is 2.52 bits per heavy atom. The van der Waals surface area contributed by atoms with Crippen LogP contribution in [-0.2, 0) is 4.79 Å². The molecule has 0 saturated carbocycles. The van der Waals surface area contributed by atoms with E-state index in [1.54, 1.807) is 7.11 Å². The Balaban J connectivity index is 1.52. The van der Waals surface area contributed by atoms with E-state index < -0.39 is 0 Å². The average Bonchev–Trinajstić information content (AvgIpc) is 2.68. The number of aliphatic hydroxyl groups is 1. The first-order chi connectivity index (χ1) is 12.2. The van der Waals surface area contributed by atoms with Gasteiger partial charge in [-0.2, -0.15) is 0 Å². The van der Waals surface area contributed by atoms with Gasteiger partial charge in [-0.1, -0.05) is 0 Å². The summed E-state index contributed by atoms with van der Waals surface area (Å²) >= 11 is 0. The smallest absolute Gasteiger partial charge is 0.224 e. The average molecular weight is 347 g/mol. The zero-order valence-corrected chi connectivity index (χ0v) is 15.1. The maximum atomic E-state index is 12.0. The first kappa shape index (κ1) is 18.0. The highest BCUT2D eigenvalue weighted by Crippen LogP contribution is 2.23. The molecule has 0 aliphatic carbocycles. The first-order valence-corrected chi connectivity index (χ1v) is 9.23. The van der Waals surface area contributed by atoms with Crippen molar-refractivity contribution in [1.82, 2.24) is 9.80 Å². The third kappa shape index (κ3) is 4.44. The van der Waals surface area contributed by atoms with Crippen molar-refractivity contribution < 1.29 is 14.6 Å². The molecule has 1 amide bonds. The van der Waals surface area contributed by atoms with Crippen molar-refractivity contribution in [2.24, 2.45) is 0 Å². The SMILES string of the molecule is COc1ccc(N2CCN([C@H]3CCCN(C(=O)CCO)C3)CC2)cc1. The van der Waals surface area contributed by atoms with Crippen molar-refractivity contribution in [3.05, 3.63) is 24.3 Å². The van der Waals surface area contributed by atoms with Crippen molar-refractivity contribution in [3.63, 3.8) is 0 Å². The van der Waals surface area contributed by atoms with Crippen molar-refractivity contribution >= 4 is 11.6 Å². The van der Waals surface area contributed by atoms with Crippen molar-refractivity contribution in [2.45, 2.75) is 25.3 Å². The molecule has 1 atom stereocenters. The molecule has 2 aliphatic heterocycles. The Kier molecular flexibility index (Phi) is 6.15. The van der Waals surface area contributed by atoms with E-state index in [4.69, 9.17) is 9.84 Å². The number of carbonyl (C=O) groups is 1. The molecule has 2 saturated heterocycles. The number of anilines is 1. The third-order valence-corrected chi connectivity index (χ3v) is 5.34. The van der Waals surface area contributed by atoms with E-state index in [0.717, 1.165) is 57.9 Å². The van der Waals surface area contributed by atoms with Gasteiger partial charge in [0.25, 0.3) is 0 Å². The maximum absolute atomic E-state index is 12.0. The van der Waals surface area contributed by atoms with Gasteiger partial charge in [0.15, 0.2) is 0 Å². The summed E-state index contributed by atoms with van der Waals surface area (Å²) in [7, 11) is 1.69. The van der Waals surface area contributed by atoms with E-state index in [-0.39, 0.29) is 18.9 Å². The van der Waals surface area contributed by atoms with Crippen LogP contribution in [0.4, 0.5) is 5.69 Å². The first-order valence-electron chi connectivity index (χ1n) is 9.23. The van der Waals surface area contributed by atoms with E-state index in [9.17, 15) is 4.79 Å². The van der Waals surface area contributed by atoms with Crippen LogP contribution in [0.15, 0.2) is 24.3 Å². The lowest BCUT2D eigenvalue weighted by Crippen LogP contribution is -2.55. The van der Waals surface area contributed by atoms with E-state index >= 15 is 0 Å². The summed E-state index contributed by atoms with van der Waals surface area (Å²) in [4.78, 5) is 18.9. The summed E-state index contributed by atoms with van der Waals surface area (Å²) < 4.78 is 5.23. The molecule has 0 spiro atoms. The summed E-state index contributed by atoms with van der Waals surface area (Å²) in [6, 6.07) is 8.70. The van der Waals surface area contributed by atoms with Crippen molar-refractivity contribution in [2.75, 3.05) is 57.9 Å². The van der Waals surface area contributed by atoms with Crippen LogP contribution in [0.5, 0.6) is 5.75 Å². The van der Waals surface area contributed by atoms with Gasteiger partial charge in [-0.3, -0.25) is 9.69 Å². The fourth-order valence-corrected chi connectivity index (χ4v) is 3.87. The Morgan fingerprint density at radius 2 is 1.88 bits per heavy atom. The summed E-state index contributed by atoms with van der Waals surface area (Å²) in [5.74, 6) is 0.973. The van der Waals surface area contributed by atoms with Crippen LogP contribution < -0.4 is 9.64 Å². The molecule has 0 radical (unpaired) electrons. The number of methoxy groups -OCH3 is 1. The van der Waals surface area contributed by atoms with Gasteiger partial charge in [-0.25, -0.2) is 0 Å². The largest absolute Gasteiger partial charge is 0.497 e. The molecule has 1 aromatic rings. The number of benzene rings is 1. The molecule has 2 heterocycles. The monoisotopic (exact) mass is 347 g/mol. The number of rotatable bonds is 5. The van der Waals surface area contributed by atoms with Crippen LogP contribution in [0.2, 0.25) is 0 Å². The van der Waals surface area contributed by atoms with Crippen LogP contribution in [-0.4, -0.2) is 79.8 Å². The minimum absolute atomic E-state index is 0.0550. The molecule has 1 aromatic carbocycles. The Hall–Kier alpha value is -1.79. The topological polar surface area (TPSA) is 56.2 Å². The number of hydrogen-bond donors (Lipinski definition) is 1. The van der Waals surface area contributed by atoms with Gasteiger partial charge in [0.05, 0.1) is 13.7 Å². The van der Waals surface area contributed by atoms with Crippen molar-refractivity contribution in [3.8, 4) is 5.75 Å². The molecule has 2 fully saturated rings. The molecule has 6 heteroatoms. The fourth-order valence-electron chi connectivity index (χ4n) is 3.87. The van der Waals surface area contributed by atoms with E-state index in [2.05, 4.69) is 21.9 Å². The van der Waals surface area contributed by atoms with Gasteiger partial charge >= 0.3 is 0 Å². The summed E-state index contributed by atoms with van der Waals surface area (Å²) in [5, 5.41) is 8.98. The summed E-state index contributed by atoms with van der Waals surface area (Å²) in [5.41, 5.74) is 1.24. The summed E-state index contributed by atoms with van der Waals surface area (Å²) in [6.45, 7) is 5.65. The second-order valence-electron chi connectivity index (χ2n) is 6.83. The van der Waals surface area contributed by atoms with Crippen LogP contribution in [0.25, 0.3) is 0 Å². The van der Waals surface area contributed by atoms with E-state index in [1.807, 2.05) is 17.0 Å². The molecule has 138 valence electrons. The van der Waals surface area contributed by atoms with Gasteiger partial charge in [0.2, 0.25) is 5.91 Å². The molecule has 25 heavy (non-hydrogen) atoms. The van der Waals surface area contributed by atoms with Crippen LogP contribution >= 0.6 is 0 Å². The molecule has 0 aromatic heterocycles.